The van der Waals surface area contributed by atoms with Crippen molar-refractivity contribution in [3.8, 4) is 17.2 Å². The van der Waals surface area contributed by atoms with Crippen molar-refractivity contribution in [2.75, 3.05) is 61.1 Å². The van der Waals surface area contributed by atoms with Crippen LogP contribution in [0.2, 0.25) is 0 Å². The van der Waals surface area contributed by atoms with Crippen LogP contribution in [-0.4, -0.2) is 82.8 Å². The number of guanidine groups is 1. The molecule has 1 aromatic heterocycles. The van der Waals surface area contributed by atoms with Crippen molar-refractivity contribution in [3.63, 3.8) is 0 Å². The molecule has 32 heavy (non-hydrogen) atoms. The maximum absolute atomic E-state index is 12.4. The Balaban J connectivity index is 0.00000363. The molecule has 176 valence electrons. The predicted octanol–water partition coefficient (Wildman–Crippen LogP) is 2.50. The van der Waals surface area contributed by atoms with Crippen molar-refractivity contribution in [2.24, 2.45) is 4.99 Å². The summed E-state index contributed by atoms with van der Waals surface area (Å²) in [6.07, 6.45) is 2.20. The number of halogens is 1. The van der Waals surface area contributed by atoms with Crippen LogP contribution in [-0.2, 0) is 6.42 Å². The van der Waals surface area contributed by atoms with Gasteiger partial charge in [-0.3, -0.25) is 9.79 Å². The number of nitrogens with zero attached hydrogens (tertiary/aromatic N) is 3. The Morgan fingerprint density at radius 1 is 1.06 bits per heavy atom. The number of hydrogen-bond donors (Lipinski definition) is 1. The number of rotatable bonds is 7. The highest BCUT2D eigenvalue weighted by molar-refractivity contribution is 14.0. The van der Waals surface area contributed by atoms with E-state index < -0.39 is 0 Å². The zero-order valence-electron chi connectivity index (χ0n) is 18.9. The smallest absolute Gasteiger partial charge is 0.289 e. The Bertz CT molecular complexity index is 871. The number of piperazine rings is 1. The number of ether oxygens (including phenoxy) is 3. The molecule has 0 radical (unpaired) electrons. The summed E-state index contributed by atoms with van der Waals surface area (Å²) in [5.41, 5.74) is 0.961. The molecule has 0 saturated carbocycles. The summed E-state index contributed by atoms with van der Waals surface area (Å²) in [5, 5.41) is 3.40. The minimum absolute atomic E-state index is 0. The molecule has 1 aliphatic heterocycles. The van der Waals surface area contributed by atoms with E-state index in [-0.39, 0.29) is 29.9 Å². The predicted molar refractivity (Wildman–Crippen MR) is 133 cm³/mol. The SMILES string of the molecule is CN=C(NCCc1c(OC)cc(OC)cc1OC)N1CCN(C(=O)c2ccco2)CC1.I. The third-order valence-electron chi connectivity index (χ3n) is 5.29. The highest BCUT2D eigenvalue weighted by Gasteiger charge is 2.25. The molecule has 2 aromatic rings. The van der Waals surface area contributed by atoms with Crippen LogP contribution in [0.15, 0.2) is 39.9 Å². The molecule has 1 aromatic carbocycles. The Morgan fingerprint density at radius 3 is 2.19 bits per heavy atom. The van der Waals surface area contributed by atoms with E-state index in [1.54, 1.807) is 45.4 Å². The zero-order chi connectivity index (χ0) is 22.2. The van der Waals surface area contributed by atoms with Gasteiger partial charge in [-0.05, 0) is 18.6 Å². The summed E-state index contributed by atoms with van der Waals surface area (Å²) in [5.74, 6) is 3.22. The summed E-state index contributed by atoms with van der Waals surface area (Å²) in [7, 11) is 6.64. The van der Waals surface area contributed by atoms with E-state index in [0.717, 1.165) is 23.0 Å². The highest BCUT2D eigenvalue weighted by atomic mass is 127. The summed E-state index contributed by atoms with van der Waals surface area (Å²) in [6.45, 7) is 3.26. The molecule has 0 bridgehead atoms. The van der Waals surface area contributed by atoms with E-state index in [9.17, 15) is 4.79 Å². The number of aliphatic imine (C=N–C) groups is 1. The summed E-state index contributed by atoms with van der Waals surface area (Å²) < 4.78 is 21.6. The van der Waals surface area contributed by atoms with Gasteiger partial charge in [-0.1, -0.05) is 0 Å². The molecule has 9 nitrogen and oxygen atoms in total. The van der Waals surface area contributed by atoms with Gasteiger partial charge in [0.15, 0.2) is 11.7 Å². The molecule has 3 rings (SSSR count). The molecule has 0 spiro atoms. The van der Waals surface area contributed by atoms with Gasteiger partial charge in [-0.15, -0.1) is 24.0 Å². The normalized spacial score (nSPS) is 13.9. The second-order valence-corrected chi connectivity index (χ2v) is 6.99. The summed E-state index contributed by atoms with van der Waals surface area (Å²) >= 11 is 0. The third kappa shape index (κ3) is 5.99. The lowest BCUT2D eigenvalue weighted by molar-refractivity contribution is 0.0658. The first-order chi connectivity index (χ1) is 15.1. The molecule has 1 aliphatic rings. The fraction of sp³-hybridized carbons (Fsp3) is 0.455. The quantitative estimate of drug-likeness (QED) is 0.318. The minimum Gasteiger partial charge on any atom is -0.496 e. The topological polar surface area (TPSA) is 88.8 Å². The van der Waals surface area contributed by atoms with Gasteiger partial charge >= 0.3 is 0 Å². The van der Waals surface area contributed by atoms with Gasteiger partial charge in [-0.2, -0.15) is 0 Å². The number of benzene rings is 1. The van der Waals surface area contributed by atoms with Gasteiger partial charge in [0.2, 0.25) is 0 Å². The number of nitrogens with one attached hydrogen (secondary N) is 1. The molecule has 1 N–H and O–H groups in total. The van der Waals surface area contributed by atoms with Gasteiger partial charge in [-0.25, -0.2) is 0 Å². The van der Waals surface area contributed by atoms with Crippen molar-refractivity contribution in [3.05, 3.63) is 41.9 Å². The average molecular weight is 558 g/mol. The Morgan fingerprint density at radius 2 is 1.69 bits per heavy atom. The van der Waals surface area contributed by atoms with Crippen molar-refractivity contribution in [1.29, 1.82) is 0 Å². The van der Waals surface area contributed by atoms with E-state index in [1.165, 1.54) is 6.26 Å². The van der Waals surface area contributed by atoms with Gasteiger partial charge < -0.3 is 33.7 Å². The molecule has 1 saturated heterocycles. The lowest BCUT2D eigenvalue weighted by atomic mass is 10.1. The molecule has 0 atom stereocenters. The van der Waals surface area contributed by atoms with Crippen LogP contribution in [0.3, 0.4) is 0 Å². The van der Waals surface area contributed by atoms with E-state index in [2.05, 4.69) is 15.2 Å². The minimum atomic E-state index is -0.0775. The van der Waals surface area contributed by atoms with Gasteiger partial charge in [0, 0.05) is 57.5 Å². The lowest BCUT2D eigenvalue weighted by Gasteiger charge is -2.36. The number of carbonyl (C=O) groups is 1. The van der Waals surface area contributed by atoms with Crippen LogP contribution >= 0.6 is 24.0 Å². The van der Waals surface area contributed by atoms with Gasteiger partial charge in [0.25, 0.3) is 5.91 Å². The monoisotopic (exact) mass is 558 g/mol. The van der Waals surface area contributed by atoms with E-state index in [4.69, 9.17) is 18.6 Å². The first kappa shape index (κ1) is 25.6. The second-order valence-electron chi connectivity index (χ2n) is 6.99. The van der Waals surface area contributed by atoms with Crippen LogP contribution in [0.25, 0.3) is 0 Å². The number of methoxy groups -OCH3 is 3. The third-order valence-corrected chi connectivity index (χ3v) is 5.29. The molecule has 1 fully saturated rings. The Kier molecular flexibility index (Phi) is 9.95. The van der Waals surface area contributed by atoms with Crippen LogP contribution in [0, 0.1) is 0 Å². The number of carbonyl (C=O) groups excluding carboxylic acids is 1. The van der Waals surface area contributed by atoms with Crippen LogP contribution in [0.1, 0.15) is 16.1 Å². The molecule has 0 unspecified atom stereocenters. The van der Waals surface area contributed by atoms with Gasteiger partial charge in [0.05, 0.1) is 27.6 Å². The number of amides is 1. The molecular weight excluding hydrogens is 527 g/mol. The van der Waals surface area contributed by atoms with Crippen LogP contribution < -0.4 is 19.5 Å². The maximum Gasteiger partial charge on any atom is 0.289 e. The molecule has 1 amide bonds. The number of furan rings is 1. The van der Waals surface area contributed by atoms with Crippen LogP contribution in [0.5, 0.6) is 17.2 Å². The average Bonchev–Trinajstić information content (AvgIpc) is 3.36. The summed E-state index contributed by atoms with van der Waals surface area (Å²) in [4.78, 5) is 20.8. The lowest BCUT2D eigenvalue weighted by Crippen LogP contribution is -2.54. The number of hydrogen-bond acceptors (Lipinski definition) is 6. The van der Waals surface area contributed by atoms with E-state index in [1.807, 2.05) is 12.1 Å². The van der Waals surface area contributed by atoms with E-state index in [0.29, 0.717) is 50.7 Å². The van der Waals surface area contributed by atoms with Crippen molar-refractivity contribution in [1.82, 2.24) is 15.1 Å². The van der Waals surface area contributed by atoms with Crippen molar-refractivity contribution < 1.29 is 23.4 Å². The first-order valence-corrected chi connectivity index (χ1v) is 10.2. The fourth-order valence-corrected chi connectivity index (χ4v) is 3.63. The molecule has 0 aliphatic carbocycles. The van der Waals surface area contributed by atoms with Crippen molar-refractivity contribution >= 4 is 35.8 Å². The summed E-state index contributed by atoms with van der Waals surface area (Å²) in [6, 6.07) is 7.11. The highest BCUT2D eigenvalue weighted by Crippen LogP contribution is 2.34. The zero-order valence-corrected chi connectivity index (χ0v) is 21.3. The molecule has 10 heteroatoms. The molecular formula is C22H31IN4O5. The Labute approximate surface area is 205 Å². The second kappa shape index (κ2) is 12.4. The Hall–Kier alpha value is -2.63. The largest absolute Gasteiger partial charge is 0.496 e. The van der Waals surface area contributed by atoms with Crippen molar-refractivity contribution in [2.45, 2.75) is 6.42 Å². The maximum atomic E-state index is 12.4. The van der Waals surface area contributed by atoms with Crippen LogP contribution in [0.4, 0.5) is 0 Å². The standard InChI is InChI=1S/C22H30N4O5.HI/c1-23-22(26-11-9-25(10-12-26)21(27)18-6-5-13-31-18)24-8-7-17-19(29-3)14-16(28-2)15-20(17)30-4;/h5-6,13-15H,7-12H2,1-4H3,(H,23,24);1H. The first-order valence-electron chi connectivity index (χ1n) is 10.2. The van der Waals surface area contributed by atoms with Gasteiger partial charge in [0.1, 0.15) is 17.2 Å². The van der Waals surface area contributed by atoms with E-state index >= 15 is 0 Å². The molecule has 2 heterocycles. The fourth-order valence-electron chi connectivity index (χ4n) is 3.63.